The maximum Gasteiger partial charge on any atom is 0.338 e. The summed E-state index contributed by atoms with van der Waals surface area (Å²) in [6.07, 6.45) is 2.05. The Labute approximate surface area is 153 Å². The van der Waals surface area contributed by atoms with E-state index in [2.05, 4.69) is 21.8 Å². The van der Waals surface area contributed by atoms with E-state index in [-0.39, 0.29) is 12.6 Å². The van der Waals surface area contributed by atoms with Gasteiger partial charge >= 0.3 is 12.0 Å². The van der Waals surface area contributed by atoms with Crippen LogP contribution < -0.4 is 10.6 Å². The van der Waals surface area contributed by atoms with Crippen molar-refractivity contribution in [3.05, 3.63) is 47.2 Å². The lowest BCUT2D eigenvalue weighted by Crippen LogP contribution is -2.48. The molecule has 7 heteroatoms. The Balaban J connectivity index is 2.38. The summed E-state index contributed by atoms with van der Waals surface area (Å²) < 4.78 is 5.25. The van der Waals surface area contributed by atoms with E-state index in [1.807, 2.05) is 37.4 Å². The molecule has 0 bridgehead atoms. The molecular weight excluding hydrogens is 338 g/mol. The lowest BCUT2D eigenvalue weighted by molar-refractivity contribution is -0.139. The number of rotatable bonds is 8. The van der Waals surface area contributed by atoms with Gasteiger partial charge in [-0.3, -0.25) is 4.90 Å². The minimum Gasteiger partial charge on any atom is -0.463 e. The van der Waals surface area contributed by atoms with Gasteiger partial charge in [0.25, 0.3) is 0 Å². The Morgan fingerprint density at radius 1 is 1.32 bits per heavy atom. The standard InChI is InChI=1S/C18H25N3O3S/c1-4-24-17(22)15-14(12-21(2)10-11-25-3)19-18(23)20-16(15)13-8-6-5-7-9-13/h5-9,16H,4,10-12H2,1-3H3,(H2,19,20,23)/t16-/m0/s1. The van der Waals surface area contributed by atoms with E-state index in [1.54, 1.807) is 18.7 Å². The van der Waals surface area contributed by atoms with Gasteiger partial charge in [-0.2, -0.15) is 11.8 Å². The van der Waals surface area contributed by atoms with Crippen LogP contribution >= 0.6 is 11.8 Å². The molecule has 0 saturated heterocycles. The molecule has 2 N–H and O–H groups in total. The van der Waals surface area contributed by atoms with Crippen LogP contribution in [0.1, 0.15) is 18.5 Å². The molecule has 0 unspecified atom stereocenters. The lowest BCUT2D eigenvalue weighted by Gasteiger charge is -2.31. The van der Waals surface area contributed by atoms with E-state index in [0.29, 0.717) is 17.8 Å². The topological polar surface area (TPSA) is 70.7 Å². The number of carbonyl (C=O) groups is 2. The fourth-order valence-corrected chi connectivity index (χ4v) is 3.18. The van der Waals surface area contributed by atoms with E-state index in [1.165, 1.54) is 0 Å². The number of carbonyl (C=O) groups excluding carboxylic acids is 2. The fraction of sp³-hybridized carbons (Fsp3) is 0.444. The Morgan fingerprint density at radius 2 is 2.04 bits per heavy atom. The summed E-state index contributed by atoms with van der Waals surface area (Å²) in [7, 11) is 1.97. The number of nitrogens with zero attached hydrogens (tertiary/aromatic N) is 1. The maximum absolute atomic E-state index is 12.6. The molecule has 0 radical (unpaired) electrons. The number of thioether (sulfide) groups is 1. The number of ether oxygens (including phenoxy) is 1. The number of amides is 2. The highest BCUT2D eigenvalue weighted by molar-refractivity contribution is 7.98. The molecule has 0 aromatic heterocycles. The SMILES string of the molecule is CCOC(=O)C1=C(CN(C)CCSC)NC(=O)N[C@H]1c1ccccc1. The van der Waals surface area contributed by atoms with Gasteiger partial charge in [-0.1, -0.05) is 30.3 Å². The normalized spacial score (nSPS) is 17.3. The van der Waals surface area contributed by atoms with Crippen molar-refractivity contribution in [3.63, 3.8) is 0 Å². The van der Waals surface area contributed by atoms with Gasteiger partial charge in [-0.05, 0) is 25.8 Å². The predicted octanol–water partition coefficient (Wildman–Crippen LogP) is 2.15. The summed E-state index contributed by atoms with van der Waals surface area (Å²) >= 11 is 1.76. The minimum atomic E-state index is -0.516. The number of urea groups is 1. The summed E-state index contributed by atoms with van der Waals surface area (Å²) in [5.41, 5.74) is 1.91. The molecule has 1 aromatic rings. The van der Waals surface area contributed by atoms with Gasteiger partial charge in [0.1, 0.15) is 0 Å². The zero-order valence-electron chi connectivity index (χ0n) is 14.9. The van der Waals surface area contributed by atoms with Gasteiger partial charge in [0, 0.05) is 24.5 Å². The van der Waals surface area contributed by atoms with Crippen LogP contribution in [0.2, 0.25) is 0 Å². The summed E-state index contributed by atoms with van der Waals surface area (Å²) in [6.45, 7) is 3.40. The molecule has 0 fully saturated rings. The summed E-state index contributed by atoms with van der Waals surface area (Å²) in [4.78, 5) is 26.8. The second kappa shape index (κ2) is 9.48. The number of hydrogen-bond acceptors (Lipinski definition) is 5. The molecule has 2 rings (SSSR count). The Kier molecular flexibility index (Phi) is 7.33. The van der Waals surface area contributed by atoms with Gasteiger partial charge in [0.05, 0.1) is 18.2 Å². The third kappa shape index (κ3) is 5.24. The number of likely N-dealkylation sites (N-methyl/N-ethyl adjacent to an activating group) is 1. The molecule has 25 heavy (non-hydrogen) atoms. The fourth-order valence-electron chi connectivity index (χ4n) is 2.68. The van der Waals surface area contributed by atoms with Crippen molar-refractivity contribution < 1.29 is 14.3 Å². The van der Waals surface area contributed by atoms with Crippen molar-refractivity contribution in [1.29, 1.82) is 0 Å². The van der Waals surface area contributed by atoms with Crippen LogP contribution in [0.25, 0.3) is 0 Å². The smallest absolute Gasteiger partial charge is 0.338 e. The molecule has 2 amide bonds. The van der Waals surface area contributed by atoms with Crippen molar-refractivity contribution >= 4 is 23.8 Å². The van der Waals surface area contributed by atoms with Gasteiger partial charge in [0.15, 0.2) is 0 Å². The molecule has 0 saturated carbocycles. The molecule has 0 aliphatic carbocycles. The first-order valence-corrected chi connectivity index (χ1v) is 9.66. The molecule has 1 heterocycles. The summed E-state index contributed by atoms with van der Waals surface area (Å²) in [5, 5.41) is 5.63. The molecular formula is C18H25N3O3S. The minimum absolute atomic E-state index is 0.285. The van der Waals surface area contributed by atoms with Gasteiger partial charge in [-0.15, -0.1) is 0 Å². The third-order valence-electron chi connectivity index (χ3n) is 3.89. The second-order valence-corrected chi connectivity index (χ2v) is 6.77. The van der Waals surface area contributed by atoms with Crippen molar-refractivity contribution in [2.24, 2.45) is 0 Å². The average molecular weight is 363 g/mol. The van der Waals surface area contributed by atoms with Crippen molar-refractivity contribution in [2.75, 3.05) is 38.8 Å². The van der Waals surface area contributed by atoms with Crippen molar-refractivity contribution in [2.45, 2.75) is 13.0 Å². The number of benzene rings is 1. The van der Waals surface area contributed by atoms with Crippen LogP contribution in [0.15, 0.2) is 41.6 Å². The molecule has 1 atom stereocenters. The van der Waals surface area contributed by atoms with Crippen LogP contribution in [-0.2, 0) is 9.53 Å². The zero-order valence-corrected chi connectivity index (χ0v) is 15.7. The summed E-state index contributed by atoms with van der Waals surface area (Å²) in [5.74, 6) is 0.574. The quantitative estimate of drug-likeness (QED) is 0.693. The average Bonchev–Trinajstić information content (AvgIpc) is 2.60. The number of nitrogens with one attached hydrogen (secondary N) is 2. The van der Waals surface area contributed by atoms with Crippen LogP contribution in [0.4, 0.5) is 4.79 Å². The lowest BCUT2D eigenvalue weighted by atomic mass is 9.95. The molecule has 0 spiro atoms. The van der Waals surface area contributed by atoms with Crippen LogP contribution in [-0.4, -0.2) is 55.7 Å². The number of hydrogen-bond donors (Lipinski definition) is 2. The first-order valence-electron chi connectivity index (χ1n) is 8.27. The molecule has 1 aliphatic rings. The molecule has 136 valence electrons. The van der Waals surface area contributed by atoms with Crippen molar-refractivity contribution in [1.82, 2.24) is 15.5 Å². The molecule has 1 aliphatic heterocycles. The largest absolute Gasteiger partial charge is 0.463 e. The first kappa shape index (κ1) is 19.3. The van der Waals surface area contributed by atoms with E-state index in [4.69, 9.17) is 4.74 Å². The van der Waals surface area contributed by atoms with E-state index >= 15 is 0 Å². The van der Waals surface area contributed by atoms with Gasteiger partial charge < -0.3 is 15.4 Å². The van der Waals surface area contributed by atoms with Crippen LogP contribution in [0.5, 0.6) is 0 Å². The maximum atomic E-state index is 12.6. The van der Waals surface area contributed by atoms with Gasteiger partial charge in [0.2, 0.25) is 0 Å². The third-order valence-corrected chi connectivity index (χ3v) is 4.48. The Morgan fingerprint density at radius 3 is 2.68 bits per heavy atom. The second-order valence-electron chi connectivity index (χ2n) is 5.79. The number of esters is 1. The highest BCUT2D eigenvalue weighted by Crippen LogP contribution is 2.27. The van der Waals surface area contributed by atoms with E-state index < -0.39 is 12.0 Å². The summed E-state index contributed by atoms with van der Waals surface area (Å²) in [6, 6.07) is 8.63. The van der Waals surface area contributed by atoms with E-state index in [0.717, 1.165) is 17.9 Å². The van der Waals surface area contributed by atoms with Crippen LogP contribution in [0.3, 0.4) is 0 Å². The highest BCUT2D eigenvalue weighted by atomic mass is 32.2. The Bertz CT molecular complexity index is 634. The first-order chi connectivity index (χ1) is 12.1. The predicted molar refractivity (Wildman–Crippen MR) is 100 cm³/mol. The zero-order chi connectivity index (χ0) is 18.2. The molecule has 6 nitrogen and oxygen atoms in total. The van der Waals surface area contributed by atoms with Crippen molar-refractivity contribution in [3.8, 4) is 0 Å². The van der Waals surface area contributed by atoms with Crippen LogP contribution in [0, 0.1) is 0 Å². The molecule has 1 aromatic carbocycles. The highest BCUT2D eigenvalue weighted by Gasteiger charge is 2.33. The monoisotopic (exact) mass is 363 g/mol. The van der Waals surface area contributed by atoms with Gasteiger partial charge in [-0.25, -0.2) is 9.59 Å². The van der Waals surface area contributed by atoms with E-state index in [9.17, 15) is 9.59 Å². The Hall–Kier alpha value is -1.99.